The van der Waals surface area contributed by atoms with E-state index in [1.54, 1.807) is 36.4 Å². The maximum absolute atomic E-state index is 13.1. The molecule has 0 aliphatic carbocycles. The minimum Gasteiger partial charge on any atom is -0.464 e. The lowest BCUT2D eigenvalue weighted by Crippen LogP contribution is -2.32. The van der Waals surface area contributed by atoms with Gasteiger partial charge in [0, 0.05) is 41.5 Å². The van der Waals surface area contributed by atoms with E-state index in [4.69, 9.17) is 14.9 Å². The molecular formula is C23H21N3O6S. The van der Waals surface area contributed by atoms with Crippen molar-refractivity contribution in [1.82, 2.24) is 8.87 Å². The molecule has 2 N–H and O–H groups in total. The Bertz CT molecular complexity index is 1540. The fraction of sp³-hybridized carbons (Fsp3) is 0.217. The van der Waals surface area contributed by atoms with Crippen LogP contribution in [0.3, 0.4) is 0 Å². The summed E-state index contributed by atoms with van der Waals surface area (Å²) >= 11 is 0. The highest BCUT2D eigenvalue weighted by atomic mass is 32.2. The number of fused-ring (bicyclic) bond motifs is 2. The number of esters is 1. The summed E-state index contributed by atoms with van der Waals surface area (Å²) in [5.41, 5.74) is 6.40. The first kappa shape index (κ1) is 21.4. The quantitative estimate of drug-likeness (QED) is 0.447. The number of sulfonamides is 1. The summed E-state index contributed by atoms with van der Waals surface area (Å²) in [7, 11) is -3.79. The highest BCUT2D eigenvalue weighted by Crippen LogP contribution is 2.26. The van der Waals surface area contributed by atoms with Gasteiger partial charge in [0.15, 0.2) is 6.73 Å². The Morgan fingerprint density at radius 2 is 2.00 bits per heavy atom. The van der Waals surface area contributed by atoms with Gasteiger partial charge in [0.05, 0.1) is 16.7 Å². The zero-order chi connectivity index (χ0) is 23.2. The molecular weight excluding hydrogens is 446 g/mol. The predicted molar refractivity (Wildman–Crippen MR) is 121 cm³/mol. The Hall–Kier alpha value is -3.47. The molecule has 1 saturated heterocycles. The summed E-state index contributed by atoms with van der Waals surface area (Å²) < 4.78 is 39.4. The van der Waals surface area contributed by atoms with Gasteiger partial charge in [-0.25, -0.2) is 13.2 Å². The number of carbonyl (C=O) groups is 1. The lowest BCUT2D eigenvalue weighted by Gasteiger charge is -2.17. The maximum Gasteiger partial charge on any atom is 0.339 e. The number of nitrogens with zero attached hydrogens (tertiary/aromatic N) is 2. The molecule has 0 radical (unpaired) electrons. The summed E-state index contributed by atoms with van der Waals surface area (Å²) in [6, 6.07) is 12.5. The van der Waals surface area contributed by atoms with Crippen LogP contribution in [-0.4, -0.2) is 42.4 Å². The van der Waals surface area contributed by atoms with Crippen LogP contribution >= 0.6 is 0 Å². The number of nitrogens with two attached hydrogens (primary N) is 1. The van der Waals surface area contributed by atoms with Crippen molar-refractivity contribution in [2.45, 2.75) is 24.1 Å². The van der Waals surface area contributed by atoms with Crippen LogP contribution in [0.5, 0.6) is 0 Å². The fourth-order valence-electron chi connectivity index (χ4n) is 4.03. The Balaban J connectivity index is 1.42. The number of furan rings is 1. The van der Waals surface area contributed by atoms with E-state index in [1.165, 1.54) is 33.5 Å². The van der Waals surface area contributed by atoms with Gasteiger partial charge in [0.2, 0.25) is 10.0 Å². The normalized spacial score (nSPS) is 17.1. The van der Waals surface area contributed by atoms with Crippen LogP contribution < -0.4 is 11.3 Å². The second kappa shape index (κ2) is 8.14. The van der Waals surface area contributed by atoms with Gasteiger partial charge in [0.25, 0.3) is 5.56 Å². The summed E-state index contributed by atoms with van der Waals surface area (Å²) in [4.78, 5) is 25.5. The van der Waals surface area contributed by atoms with Crippen molar-refractivity contribution in [1.29, 1.82) is 0 Å². The van der Waals surface area contributed by atoms with Gasteiger partial charge in [-0.2, -0.15) is 4.31 Å². The Morgan fingerprint density at radius 1 is 1.15 bits per heavy atom. The summed E-state index contributed by atoms with van der Waals surface area (Å²) in [6.45, 7) is 0.281. The molecule has 4 aromatic rings. The first-order valence-electron chi connectivity index (χ1n) is 10.4. The largest absolute Gasteiger partial charge is 0.464 e. The van der Waals surface area contributed by atoms with Gasteiger partial charge >= 0.3 is 5.97 Å². The molecule has 10 heteroatoms. The van der Waals surface area contributed by atoms with E-state index >= 15 is 0 Å². The van der Waals surface area contributed by atoms with Gasteiger partial charge in [-0.3, -0.25) is 9.36 Å². The van der Waals surface area contributed by atoms with Crippen LogP contribution in [-0.2, 0) is 21.5 Å². The highest BCUT2D eigenvalue weighted by Gasteiger charge is 2.32. The van der Waals surface area contributed by atoms with Crippen LogP contribution in [0.4, 0.5) is 0 Å². The van der Waals surface area contributed by atoms with Crippen molar-refractivity contribution < 1.29 is 22.4 Å². The van der Waals surface area contributed by atoms with Gasteiger partial charge in [-0.1, -0.05) is 6.07 Å². The standard InChI is InChI=1S/C23H21N3O6S/c24-17-6-10-26(13-17)33(29,30)21-3-1-2-19-18(21)7-9-25(22(19)27)14-32-23(28)16-4-5-20-15(12-16)8-11-31-20/h1-5,7-9,11-12,17H,6,10,13-14,24H2. The number of hydrogen-bond acceptors (Lipinski definition) is 7. The summed E-state index contributed by atoms with van der Waals surface area (Å²) in [6.07, 6.45) is 3.54. The lowest BCUT2D eigenvalue weighted by molar-refractivity contribution is 0.0367. The molecule has 0 saturated carbocycles. The Kier molecular flexibility index (Phi) is 5.28. The molecule has 33 heavy (non-hydrogen) atoms. The molecule has 1 fully saturated rings. The van der Waals surface area contributed by atoms with E-state index < -0.39 is 21.6 Å². The smallest absolute Gasteiger partial charge is 0.339 e. The molecule has 170 valence electrons. The van der Waals surface area contributed by atoms with E-state index in [2.05, 4.69) is 0 Å². The number of ether oxygens (including phenoxy) is 1. The highest BCUT2D eigenvalue weighted by molar-refractivity contribution is 7.89. The SMILES string of the molecule is NC1CCN(S(=O)(=O)c2cccc3c(=O)n(COC(=O)c4ccc5occc5c4)ccc23)C1. The first-order valence-corrected chi connectivity index (χ1v) is 11.8. The van der Waals surface area contributed by atoms with Crippen molar-refractivity contribution in [3.05, 3.63) is 76.9 Å². The second-order valence-corrected chi connectivity index (χ2v) is 9.86. The first-order chi connectivity index (χ1) is 15.8. The maximum atomic E-state index is 13.1. The third kappa shape index (κ3) is 3.82. The molecule has 3 heterocycles. The van der Waals surface area contributed by atoms with Gasteiger partial charge in [0.1, 0.15) is 5.58 Å². The van der Waals surface area contributed by atoms with Crippen LogP contribution in [0.15, 0.2) is 75.1 Å². The average molecular weight is 468 g/mol. The molecule has 5 rings (SSSR count). The monoisotopic (exact) mass is 467 g/mol. The third-order valence-electron chi connectivity index (χ3n) is 5.81. The van der Waals surface area contributed by atoms with Crippen molar-refractivity contribution in [3.63, 3.8) is 0 Å². The van der Waals surface area contributed by atoms with Crippen LogP contribution in [0.2, 0.25) is 0 Å². The van der Waals surface area contributed by atoms with E-state index in [9.17, 15) is 18.0 Å². The van der Waals surface area contributed by atoms with Gasteiger partial charge in [-0.05, 0) is 48.9 Å². The van der Waals surface area contributed by atoms with Crippen molar-refractivity contribution in [3.8, 4) is 0 Å². The molecule has 1 aliphatic rings. The molecule has 0 spiro atoms. The van der Waals surface area contributed by atoms with Crippen LogP contribution in [0.1, 0.15) is 16.8 Å². The average Bonchev–Trinajstić information content (AvgIpc) is 3.46. The van der Waals surface area contributed by atoms with Crippen molar-refractivity contribution >= 4 is 37.7 Å². The number of carbonyl (C=O) groups excluding carboxylic acids is 1. The van der Waals surface area contributed by atoms with E-state index in [0.717, 1.165) is 5.39 Å². The molecule has 2 aromatic carbocycles. The fourth-order valence-corrected chi connectivity index (χ4v) is 5.75. The number of benzene rings is 2. The van der Waals surface area contributed by atoms with Crippen LogP contribution in [0, 0.1) is 0 Å². The minimum absolute atomic E-state index is 0.0590. The van der Waals surface area contributed by atoms with E-state index in [-0.39, 0.29) is 29.6 Å². The molecule has 9 nitrogen and oxygen atoms in total. The number of rotatable bonds is 5. The lowest BCUT2D eigenvalue weighted by atomic mass is 10.2. The topological polar surface area (TPSA) is 125 Å². The summed E-state index contributed by atoms with van der Waals surface area (Å²) in [5.74, 6) is -0.591. The number of pyridine rings is 1. The Labute approximate surface area is 189 Å². The second-order valence-electron chi connectivity index (χ2n) is 7.95. The predicted octanol–water partition coefficient (Wildman–Crippen LogP) is 2.28. The number of aromatic nitrogens is 1. The van der Waals surface area contributed by atoms with Crippen molar-refractivity contribution in [2.75, 3.05) is 13.1 Å². The zero-order valence-electron chi connectivity index (χ0n) is 17.5. The molecule has 2 aromatic heterocycles. The summed E-state index contributed by atoms with van der Waals surface area (Å²) in [5, 5.41) is 1.30. The zero-order valence-corrected chi connectivity index (χ0v) is 18.3. The van der Waals surface area contributed by atoms with Crippen molar-refractivity contribution in [2.24, 2.45) is 5.73 Å². The van der Waals surface area contributed by atoms with Gasteiger partial charge < -0.3 is 14.9 Å². The van der Waals surface area contributed by atoms with Gasteiger partial charge in [-0.15, -0.1) is 0 Å². The molecule has 0 amide bonds. The third-order valence-corrected chi connectivity index (χ3v) is 7.73. The van der Waals surface area contributed by atoms with E-state index in [0.29, 0.717) is 29.5 Å². The van der Waals surface area contributed by atoms with Crippen LogP contribution in [0.25, 0.3) is 21.7 Å². The Morgan fingerprint density at radius 3 is 2.79 bits per heavy atom. The molecule has 1 unspecified atom stereocenters. The molecule has 0 bridgehead atoms. The molecule has 1 atom stereocenters. The minimum atomic E-state index is -3.79. The van der Waals surface area contributed by atoms with E-state index in [1.807, 2.05) is 0 Å². The molecule has 1 aliphatic heterocycles. The number of hydrogen-bond donors (Lipinski definition) is 1.